The average molecular weight is 431 g/mol. The molecule has 1 aromatic heterocycles. The number of aromatic nitrogens is 2. The maximum atomic E-state index is 11.8. The van der Waals surface area contributed by atoms with E-state index >= 15 is 0 Å². The van der Waals surface area contributed by atoms with Crippen LogP contribution in [0.4, 0.5) is 0 Å². The summed E-state index contributed by atoms with van der Waals surface area (Å²) in [4.78, 5) is 64.2. The number of carbonyl (C=O) groups excluding carboxylic acids is 2. The molecule has 14 nitrogen and oxygen atoms in total. The fourth-order valence-corrected chi connectivity index (χ4v) is 2.01. The van der Waals surface area contributed by atoms with Gasteiger partial charge in [0, 0.05) is 38.9 Å². The van der Waals surface area contributed by atoms with Crippen LogP contribution in [0.15, 0.2) is 12.5 Å². The fourth-order valence-electron chi connectivity index (χ4n) is 2.01. The van der Waals surface area contributed by atoms with Crippen molar-refractivity contribution >= 4 is 23.8 Å². The Hall–Kier alpha value is -3.71. The van der Waals surface area contributed by atoms with Gasteiger partial charge in [-0.15, -0.1) is 10.1 Å². The van der Waals surface area contributed by atoms with Gasteiger partial charge in [0.05, 0.1) is 18.6 Å². The smallest absolute Gasteiger partial charge is 0.326 e. The van der Waals surface area contributed by atoms with Crippen LogP contribution in [0, 0.1) is 10.1 Å². The molecule has 0 unspecified atom stereocenters. The van der Waals surface area contributed by atoms with E-state index in [0.717, 1.165) is 6.92 Å². The number of aromatic amines is 1. The Bertz CT molecular complexity index is 689. The first kappa shape index (κ1) is 26.3. The van der Waals surface area contributed by atoms with Crippen molar-refractivity contribution in [3.63, 3.8) is 0 Å². The van der Waals surface area contributed by atoms with E-state index in [4.69, 9.17) is 15.0 Å². The van der Waals surface area contributed by atoms with E-state index in [-0.39, 0.29) is 38.3 Å². The van der Waals surface area contributed by atoms with E-state index in [0.29, 0.717) is 18.5 Å². The number of carboxylic acid groups (broad SMARTS) is 2. The number of aliphatic carboxylic acids is 2. The Kier molecular flexibility index (Phi) is 13.4. The highest BCUT2D eigenvalue weighted by atomic mass is 16.9. The number of hydrogen-bond acceptors (Lipinski definition) is 8. The molecule has 2 amide bonds. The number of nitrogens with zero attached hydrogens (tertiary/aromatic N) is 2. The zero-order valence-electron chi connectivity index (χ0n) is 16.3. The largest absolute Gasteiger partial charge is 0.481 e. The van der Waals surface area contributed by atoms with Gasteiger partial charge in [0.25, 0.3) is 11.1 Å². The van der Waals surface area contributed by atoms with Gasteiger partial charge in [0.2, 0.25) is 11.8 Å². The second-order valence-corrected chi connectivity index (χ2v) is 5.86. The zero-order valence-corrected chi connectivity index (χ0v) is 16.3. The minimum Gasteiger partial charge on any atom is -0.481 e. The van der Waals surface area contributed by atoms with Crippen molar-refractivity contribution in [2.75, 3.05) is 13.2 Å². The van der Waals surface area contributed by atoms with E-state index in [1.165, 1.54) is 6.33 Å². The second kappa shape index (κ2) is 15.2. The number of hydrogen-bond donors (Lipinski definition) is 5. The molecule has 0 saturated heterocycles. The molecule has 0 spiro atoms. The van der Waals surface area contributed by atoms with Gasteiger partial charge in [-0.05, 0) is 12.8 Å². The summed E-state index contributed by atoms with van der Waals surface area (Å²) in [5, 5.41) is 30.5. The van der Waals surface area contributed by atoms with Crippen LogP contribution in [0.2, 0.25) is 0 Å². The molecule has 168 valence electrons. The van der Waals surface area contributed by atoms with Crippen molar-refractivity contribution in [1.29, 1.82) is 0 Å². The summed E-state index contributed by atoms with van der Waals surface area (Å²) in [7, 11) is 0. The van der Waals surface area contributed by atoms with Gasteiger partial charge in [0.15, 0.2) is 0 Å². The van der Waals surface area contributed by atoms with Crippen molar-refractivity contribution in [1.82, 2.24) is 20.6 Å². The predicted octanol–water partition coefficient (Wildman–Crippen LogP) is -0.503. The molecule has 0 aliphatic carbocycles. The molecule has 0 bridgehead atoms. The molecule has 14 heteroatoms. The molecule has 0 saturated carbocycles. The number of imidazole rings is 1. The van der Waals surface area contributed by atoms with Crippen molar-refractivity contribution in [2.24, 2.45) is 0 Å². The molecule has 0 radical (unpaired) electrons. The van der Waals surface area contributed by atoms with Crippen LogP contribution < -0.4 is 10.6 Å². The topological polar surface area (TPSA) is 214 Å². The van der Waals surface area contributed by atoms with Gasteiger partial charge in [-0.1, -0.05) is 0 Å². The lowest BCUT2D eigenvalue weighted by molar-refractivity contribution is -0.757. The molecule has 1 aromatic rings. The molecular weight excluding hydrogens is 406 g/mol. The third-order valence-corrected chi connectivity index (χ3v) is 3.27. The van der Waals surface area contributed by atoms with Gasteiger partial charge in [-0.25, -0.2) is 9.78 Å². The van der Waals surface area contributed by atoms with Gasteiger partial charge in [-0.2, -0.15) is 0 Å². The lowest BCUT2D eigenvalue weighted by atomic mass is 10.1. The first-order valence-electron chi connectivity index (χ1n) is 8.85. The van der Waals surface area contributed by atoms with Crippen molar-refractivity contribution in [3.05, 3.63) is 28.3 Å². The minimum atomic E-state index is -1.18. The molecule has 30 heavy (non-hydrogen) atoms. The van der Waals surface area contributed by atoms with Crippen molar-refractivity contribution in [2.45, 2.75) is 45.1 Å². The third-order valence-electron chi connectivity index (χ3n) is 3.27. The molecule has 0 aliphatic rings. The highest BCUT2D eigenvalue weighted by Crippen LogP contribution is 2.00. The van der Waals surface area contributed by atoms with E-state index < -0.39 is 29.0 Å². The summed E-state index contributed by atoms with van der Waals surface area (Å²) in [5.41, 5.74) is 0.507. The Morgan fingerprint density at radius 1 is 1.23 bits per heavy atom. The average Bonchev–Trinajstić information content (AvgIpc) is 3.13. The highest BCUT2D eigenvalue weighted by molar-refractivity contribution is 5.84. The number of unbranched alkanes of at least 4 members (excludes halogenated alkanes) is 1. The Morgan fingerprint density at radius 2 is 1.90 bits per heavy atom. The van der Waals surface area contributed by atoms with E-state index in [1.807, 2.05) is 0 Å². The van der Waals surface area contributed by atoms with E-state index in [9.17, 15) is 24.5 Å². The van der Waals surface area contributed by atoms with Crippen LogP contribution in [0.25, 0.3) is 0 Å². The summed E-state index contributed by atoms with van der Waals surface area (Å²) in [6.45, 7) is 1.07. The Balaban J connectivity index is 0.00000192. The molecule has 1 rings (SSSR count). The van der Waals surface area contributed by atoms with Crippen molar-refractivity contribution in [3.8, 4) is 0 Å². The lowest BCUT2D eigenvalue weighted by Crippen LogP contribution is -2.43. The highest BCUT2D eigenvalue weighted by Gasteiger charge is 2.21. The number of carboxylic acids is 2. The van der Waals surface area contributed by atoms with Crippen LogP contribution in [0.1, 0.15) is 38.3 Å². The lowest BCUT2D eigenvalue weighted by Gasteiger charge is -2.13. The number of H-pyrrole nitrogens is 1. The number of nitrogens with one attached hydrogen (secondary N) is 3. The monoisotopic (exact) mass is 431 g/mol. The first-order chi connectivity index (χ1) is 14.1. The zero-order chi connectivity index (χ0) is 22.9. The van der Waals surface area contributed by atoms with Gasteiger partial charge in [0.1, 0.15) is 6.04 Å². The maximum absolute atomic E-state index is 11.8. The van der Waals surface area contributed by atoms with Crippen LogP contribution in [0.3, 0.4) is 0 Å². The van der Waals surface area contributed by atoms with Crippen molar-refractivity contribution < 1.29 is 39.3 Å². The third kappa shape index (κ3) is 15.4. The van der Waals surface area contributed by atoms with Crippen LogP contribution in [-0.2, 0) is 30.4 Å². The second-order valence-electron chi connectivity index (χ2n) is 5.86. The number of amides is 2. The quantitative estimate of drug-likeness (QED) is 0.153. The van der Waals surface area contributed by atoms with Crippen LogP contribution in [0.5, 0.6) is 0 Å². The molecule has 5 N–H and O–H groups in total. The summed E-state index contributed by atoms with van der Waals surface area (Å²) < 4.78 is 0. The summed E-state index contributed by atoms with van der Waals surface area (Å²) >= 11 is 0. The molecule has 0 aliphatic heterocycles. The summed E-state index contributed by atoms with van der Waals surface area (Å²) in [6.07, 6.45) is 3.86. The standard InChI is InChI=1S/C14H21N5O7.C2H4O2/c20-12(3-1-2-6-26-19(24)25)16-5-4-13(21)18-11(14(22)23)7-10-8-15-9-17-10;1-2(3)4/h8-9,11H,1-7H2,(H,15,17)(H,16,20)(H,18,21)(H,22,23);1H3,(H,3,4)/t11-;/m0./s1. The summed E-state index contributed by atoms with van der Waals surface area (Å²) in [5.74, 6) is -2.82. The maximum Gasteiger partial charge on any atom is 0.326 e. The SMILES string of the molecule is CC(=O)O.O=C(CCCCO[N+](=O)[O-])NCCC(=O)N[C@@H](Cc1c[nH]cn1)C(=O)O. The van der Waals surface area contributed by atoms with E-state index in [2.05, 4.69) is 25.4 Å². The first-order valence-corrected chi connectivity index (χ1v) is 8.85. The fraction of sp³-hybridized carbons (Fsp3) is 0.562. The normalized spacial score (nSPS) is 10.7. The number of rotatable bonds is 13. The van der Waals surface area contributed by atoms with Crippen LogP contribution in [-0.4, -0.2) is 68.2 Å². The predicted molar refractivity (Wildman–Crippen MR) is 99.6 cm³/mol. The Morgan fingerprint density at radius 3 is 2.43 bits per heavy atom. The summed E-state index contributed by atoms with van der Waals surface area (Å²) in [6, 6.07) is -1.11. The molecule has 0 fully saturated rings. The van der Waals surface area contributed by atoms with Gasteiger partial charge in [-0.3, -0.25) is 14.4 Å². The van der Waals surface area contributed by atoms with Crippen LogP contribution >= 0.6 is 0 Å². The van der Waals surface area contributed by atoms with E-state index in [1.54, 1.807) is 6.20 Å². The Labute approximate surface area is 171 Å². The van der Waals surface area contributed by atoms with Gasteiger partial charge >= 0.3 is 5.97 Å². The molecule has 1 heterocycles. The molecule has 0 aromatic carbocycles. The minimum absolute atomic E-state index is 0.0448. The number of carbonyl (C=O) groups is 4. The molecule has 1 atom stereocenters. The van der Waals surface area contributed by atoms with Gasteiger partial charge < -0.3 is 30.7 Å². The molecular formula is C16H25N5O9.